The molecule has 0 radical (unpaired) electrons. The molecule has 3 heterocycles. The highest BCUT2D eigenvalue weighted by molar-refractivity contribution is 5.89. The Hall–Kier alpha value is -3.07. The molecule has 0 unspecified atom stereocenters. The number of carbonyl (C=O) groups is 1. The molecule has 2 aliphatic rings. The Kier molecular flexibility index (Phi) is 6.99. The maximum Gasteiger partial charge on any atom is 0.325 e. The molecule has 2 aromatic heterocycles. The molecule has 0 spiro atoms. The van der Waals surface area contributed by atoms with Crippen molar-refractivity contribution in [3.05, 3.63) is 34.7 Å². The molecule has 3 N–H and O–H groups in total. The van der Waals surface area contributed by atoms with Crippen molar-refractivity contribution >= 4 is 28.1 Å². The summed E-state index contributed by atoms with van der Waals surface area (Å²) >= 11 is 0. The van der Waals surface area contributed by atoms with Gasteiger partial charge in [-0.3, -0.25) is 9.88 Å². The summed E-state index contributed by atoms with van der Waals surface area (Å²) < 4.78 is 5.87. The summed E-state index contributed by atoms with van der Waals surface area (Å²) in [5.41, 5.74) is 1.75. The van der Waals surface area contributed by atoms with Crippen LogP contribution in [-0.2, 0) is 0 Å². The minimum Gasteiger partial charge on any atom is -0.494 e. The van der Waals surface area contributed by atoms with Gasteiger partial charge in [-0.2, -0.15) is 0 Å². The van der Waals surface area contributed by atoms with Gasteiger partial charge < -0.3 is 19.9 Å². The summed E-state index contributed by atoms with van der Waals surface area (Å²) in [5, 5.41) is 3.93. The number of H-pyrrole nitrogens is 2. The van der Waals surface area contributed by atoms with Crippen molar-refractivity contribution in [3.8, 4) is 5.75 Å². The first-order valence-corrected chi connectivity index (χ1v) is 12.5. The average molecular weight is 467 g/mol. The van der Waals surface area contributed by atoms with Gasteiger partial charge in [0.15, 0.2) is 5.65 Å². The number of piperazine rings is 1. The largest absolute Gasteiger partial charge is 0.494 e. The summed E-state index contributed by atoms with van der Waals surface area (Å²) in [4.78, 5) is 38.3. The van der Waals surface area contributed by atoms with Crippen LogP contribution in [0.1, 0.15) is 38.5 Å². The van der Waals surface area contributed by atoms with Crippen LogP contribution >= 0.6 is 0 Å². The number of aromatic nitrogens is 3. The number of amides is 2. The van der Waals surface area contributed by atoms with E-state index >= 15 is 0 Å². The Labute approximate surface area is 198 Å². The summed E-state index contributed by atoms with van der Waals surface area (Å²) in [6.07, 6.45) is 7.64. The topological polar surface area (TPSA) is 106 Å². The molecule has 9 heteroatoms. The summed E-state index contributed by atoms with van der Waals surface area (Å²) in [6.45, 7) is 5.87. The fraction of sp³-hybridized carbons (Fsp3) is 0.560. The molecule has 2 amide bonds. The van der Waals surface area contributed by atoms with Crippen LogP contribution in [0.5, 0.6) is 5.75 Å². The Morgan fingerprint density at radius 3 is 2.74 bits per heavy atom. The summed E-state index contributed by atoms with van der Waals surface area (Å²) in [5.74, 6) is 1.60. The van der Waals surface area contributed by atoms with Gasteiger partial charge in [0, 0.05) is 44.7 Å². The van der Waals surface area contributed by atoms with Crippen LogP contribution in [-0.4, -0.2) is 76.7 Å². The zero-order valence-corrected chi connectivity index (χ0v) is 19.6. The number of aromatic amines is 2. The van der Waals surface area contributed by atoms with E-state index in [1.54, 1.807) is 0 Å². The van der Waals surface area contributed by atoms with Crippen LogP contribution in [0.4, 0.5) is 4.79 Å². The molecule has 9 nitrogen and oxygen atoms in total. The molecular formula is C25H34N6O3. The molecule has 0 atom stereocenters. The van der Waals surface area contributed by atoms with E-state index in [9.17, 15) is 9.59 Å². The van der Waals surface area contributed by atoms with E-state index in [4.69, 9.17) is 4.74 Å². The highest BCUT2D eigenvalue weighted by Crippen LogP contribution is 2.25. The van der Waals surface area contributed by atoms with Crippen molar-refractivity contribution in [2.45, 2.75) is 38.5 Å². The molecular weight excluding hydrogens is 432 g/mol. The number of imidazole rings is 1. The Balaban J connectivity index is 1.01. The molecule has 1 aliphatic heterocycles. The third-order valence-electron chi connectivity index (χ3n) is 7.03. The van der Waals surface area contributed by atoms with Gasteiger partial charge in [0.2, 0.25) is 0 Å². The van der Waals surface area contributed by atoms with Crippen LogP contribution in [0.2, 0.25) is 0 Å². The Morgan fingerprint density at radius 1 is 1.09 bits per heavy atom. The second-order valence-electron chi connectivity index (χ2n) is 9.54. The fourth-order valence-corrected chi connectivity index (χ4v) is 5.13. The number of carbonyl (C=O) groups excluding carboxylic acids is 1. The molecule has 34 heavy (non-hydrogen) atoms. The Bertz CT molecular complexity index is 1170. The lowest BCUT2D eigenvalue weighted by molar-refractivity contribution is 0.119. The highest BCUT2D eigenvalue weighted by atomic mass is 16.5. The van der Waals surface area contributed by atoms with Crippen molar-refractivity contribution in [2.75, 3.05) is 45.9 Å². The molecule has 1 aliphatic carbocycles. The van der Waals surface area contributed by atoms with Gasteiger partial charge in [-0.05, 0) is 49.4 Å². The van der Waals surface area contributed by atoms with Gasteiger partial charge >= 0.3 is 11.7 Å². The third kappa shape index (κ3) is 5.52. The van der Waals surface area contributed by atoms with E-state index in [0.717, 1.165) is 55.2 Å². The normalized spacial score (nSPS) is 17.9. The molecule has 5 rings (SSSR count). The molecule has 0 bridgehead atoms. The van der Waals surface area contributed by atoms with Crippen molar-refractivity contribution in [1.82, 2.24) is 30.1 Å². The zero-order valence-electron chi connectivity index (χ0n) is 19.6. The first-order chi connectivity index (χ1) is 16.6. The van der Waals surface area contributed by atoms with E-state index < -0.39 is 0 Å². The van der Waals surface area contributed by atoms with Crippen LogP contribution in [0.25, 0.3) is 22.1 Å². The lowest BCUT2D eigenvalue weighted by atomic mass is 9.89. The van der Waals surface area contributed by atoms with E-state index in [0.29, 0.717) is 24.3 Å². The molecule has 1 saturated heterocycles. The number of nitrogens with zero attached hydrogens (tertiary/aromatic N) is 3. The van der Waals surface area contributed by atoms with Crippen LogP contribution in [0, 0.1) is 5.92 Å². The number of hydrogen-bond donors (Lipinski definition) is 3. The number of fused-ring (bicyclic) bond motifs is 2. The van der Waals surface area contributed by atoms with Crippen molar-refractivity contribution < 1.29 is 9.53 Å². The highest BCUT2D eigenvalue weighted by Gasteiger charge is 2.23. The Morgan fingerprint density at radius 2 is 1.91 bits per heavy atom. The van der Waals surface area contributed by atoms with Gasteiger partial charge in [-0.1, -0.05) is 19.3 Å². The van der Waals surface area contributed by atoms with Gasteiger partial charge in [-0.25, -0.2) is 14.6 Å². The number of benzene rings is 1. The van der Waals surface area contributed by atoms with E-state index in [-0.39, 0.29) is 11.7 Å². The predicted octanol–water partition coefficient (Wildman–Crippen LogP) is 3.08. The number of nitrogens with one attached hydrogen (secondary N) is 3. The smallest absolute Gasteiger partial charge is 0.325 e. The summed E-state index contributed by atoms with van der Waals surface area (Å²) in [7, 11) is 0. The standard InChI is InChI=1S/C25H34N6O3/c32-24-28-22-16-19-15-20(7-8-21(19)27-23(22)29-24)34-14-4-9-26-25(33)31-12-10-30(11-13-31)17-18-5-2-1-3-6-18/h7-8,15-16,18H,1-6,9-14,17H2,(H,26,33)(H2,27,28,29,32). The maximum absolute atomic E-state index is 12.5. The maximum atomic E-state index is 12.5. The number of pyridine rings is 1. The number of urea groups is 1. The minimum absolute atomic E-state index is 0.0265. The SMILES string of the molecule is O=C(NCCCOc1ccc2nc3[nH]c(=O)[nH]c3cc2c1)N1CCN(CC2CCCCC2)CC1. The monoisotopic (exact) mass is 466 g/mol. The second-order valence-corrected chi connectivity index (χ2v) is 9.54. The van der Waals surface area contributed by atoms with Crippen molar-refractivity contribution in [1.29, 1.82) is 0 Å². The molecule has 1 saturated carbocycles. The lowest BCUT2D eigenvalue weighted by Crippen LogP contribution is -2.52. The third-order valence-corrected chi connectivity index (χ3v) is 7.03. The molecule has 2 fully saturated rings. The van der Waals surface area contributed by atoms with E-state index in [2.05, 4.69) is 25.2 Å². The number of ether oxygens (including phenoxy) is 1. The minimum atomic E-state index is -0.266. The van der Waals surface area contributed by atoms with Crippen LogP contribution in [0.15, 0.2) is 29.1 Å². The first-order valence-electron chi connectivity index (χ1n) is 12.5. The second kappa shape index (κ2) is 10.5. The molecule has 182 valence electrons. The van der Waals surface area contributed by atoms with Gasteiger partial charge in [0.1, 0.15) is 5.75 Å². The van der Waals surface area contributed by atoms with E-state index in [1.807, 2.05) is 29.2 Å². The zero-order chi connectivity index (χ0) is 23.3. The molecule has 3 aromatic rings. The van der Waals surface area contributed by atoms with E-state index in [1.165, 1.54) is 38.6 Å². The van der Waals surface area contributed by atoms with Crippen LogP contribution in [0.3, 0.4) is 0 Å². The van der Waals surface area contributed by atoms with Crippen molar-refractivity contribution in [2.24, 2.45) is 5.92 Å². The predicted molar refractivity (Wildman–Crippen MR) is 132 cm³/mol. The average Bonchev–Trinajstić information content (AvgIpc) is 3.22. The first kappa shape index (κ1) is 22.7. The van der Waals surface area contributed by atoms with Crippen molar-refractivity contribution in [3.63, 3.8) is 0 Å². The van der Waals surface area contributed by atoms with Gasteiger partial charge in [-0.15, -0.1) is 0 Å². The lowest BCUT2D eigenvalue weighted by Gasteiger charge is -2.37. The number of rotatable bonds is 7. The fourth-order valence-electron chi connectivity index (χ4n) is 5.13. The number of hydrogen-bond acceptors (Lipinski definition) is 5. The quantitative estimate of drug-likeness (QED) is 0.464. The van der Waals surface area contributed by atoms with Crippen LogP contribution < -0.4 is 15.7 Å². The van der Waals surface area contributed by atoms with Gasteiger partial charge in [0.25, 0.3) is 0 Å². The summed E-state index contributed by atoms with van der Waals surface area (Å²) in [6, 6.07) is 7.58. The molecule has 1 aromatic carbocycles. The van der Waals surface area contributed by atoms with Gasteiger partial charge in [0.05, 0.1) is 17.6 Å².